The van der Waals surface area contributed by atoms with Crippen molar-refractivity contribution in [2.24, 2.45) is 0 Å². The highest BCUT2D eigenvalue weighted by Gasteiger charge is 2.23. The maximum absolute atomic E-state index is 13.2. The number of hydrogen-bond donors (Lipinski definition) is 0. The van der Waals surface area contributed by atoms with Crippen LogP contribution >= 0.6 is 0 Å². The van der Waals surface area contributed by atoms with E-state index in [0.717, 1.165) is 6.20 Å². The van der Waals surface area contributed by atoms with Gasteiger partial charge in [0.1, 0.15) is 5.75 Å². The van der Waals surface area contributed by atoms with E-state index in [-0.39, 0.29) is 11.4 Å². The standard InChI is InChI=1S/C23H21FN4O/c1-16-4-6-17(7-5-16)23(2,3)18-8-10-20(11-9-18)29-21-12-13-25-22(27-21)28-15-19(24)14-26-28/h4-15H,1-3H3. The molecule has 0 aliphatic rings. The Morgan fingerprint density at radius 3 is 2.21 bits per heavy atom. The summed E-state index contributed by atoms with van der Waals surface area (Å²) in [4.78, 5) is 8.37. The molecule has 2 aromatic heterocycles. The molecule has 6 heteroatoms. The molecule has 0 saturated heterocycles. The predicted octanol–water partition coefficient (Wildman–Crippen LogP) is 5.23. The molecule has 4 rings (SSSR count). The van der Waals surface area contributed by atoms with Gasteiger partial charge in [0.25, 0.3) is 5.95 Å². The summed E-state index contributed by atoms with van der Waals surface area (Å²) in [6.07, 6.45) is 3.86. The van der Waals surface area contributed by atoms with Crippen LogP contribution in [-0.4, -0.2) is 19.7 Å². The molecule has 146 valence electrons. The topological polar surface area (TPSA) is 52.8 Å². The maximum Gasteiger partial charge on any atom is 0.253 e. The number of aryl methyl sites for hydroxylation is 1. The lowest BCUT2D eigenvalue weighted by Gasteiger charge is -2.26. The smallest absolute Gasteiger partial charge is 0.253 e. The third kappa shape index (κ3) is 4.01. The van der Waals surface area contributed by atoms with Crippen LogP contribution in [0.4, 0.5) is 4.39 Å². The molecule has 0 radical (unpaired) electrons. The molecule has 2 aromatic carbocycles. The summed E-state index contributed by atoms with van der Waals surface area (Å²) >= 11 is 0. The summed E-state index contributed by atoms with van der Waals surface area (Å²) in [6.45, 7) is 6.49. The van der Waals surface area contributed by atoms with Crippen molar-refractivity contribution in [1.29, 1.82) is 0 Å². The van der Waals surface area contributed by atoms with E-state index in [4.69, 9.17) is 4.74 Å². The molecule has 0 fully saturated rings. The molecule has 0 unspecified atom stereocenters. The zero-order valence-corrected chi connectivity index (χ0v) is 16.5. The van der Waals surface area contributed by atoms with E-state index in [9.17, 15) is 4.39 Å². The first-order valence-corrected chi connectivity index (χ1v) is 9.31. The first-order valence-electron chi connectivity index (χ1n) is 9.31. The number of aromatic nitrogens is 4. The summed E-state index contributed by atoms with van der Waals surface area (Å²) in [7, 11) is 0. The van der Waals surface area contributed by atoms with E-state index in [1.165, 1.54) is 27.6 Å². The van der Waals surface area contributed by atoms with Crippen LogP contribution in [0.3, 0.4) is 0 Å². The van der Waals surface area contributed by atoms with Gasteiger partial charge in [-0.2, -0.15) is 10.1 Å². The zero-order valence-electron chi connectivity index (χ0n) is 16.5. The predicted molar refractivity (Wildman–Crippen MR) is 109 cm³/mol. The Labute approximate surface area is 168 Å². The minimum atomic E-state index is -0.452. The fourth-order valence-corrected chi connectivity index (χ4v) is 3.11. The second-order valence-electron chi connectivity index (χ2n) is 7.42. The molecule has 0 N–H and O–H groups in total. The highest BCUT2D eigenvalue weighted by atomic mass is 19.1. The fraction of sp³-hybridized carbons (Fsp3) is 0.174. The summed E-state index contributed by atoms with van der Waals surface area (Å²) < 4.78 is 20.3. The SMILES string of the molecule is Cc1ccc(C(C)(C)c2ccc(Oc3ccnc(-n4cc(F)cn4)n3)cc2)cc1. The van der Waals surface area contributed by atoms with Gasteiger partial charge < -0.3 is 4.74 Å². The molecular weight excluding hydrogens is 367 g/mol. The van der Waals surface area contributed by atoms with E-state index in [1.807, 2.05) is 12.1 Å². The molecule has 4 aromatic rings. The van der Waals surface area contributed by atoms with E-state index in [0.29, 0.717) is 11.6 Å². The Kier molecular flexibility index (Phi) is 4.84. The van der Waals surface area contributed by atoms with Gasteiger partial charge in [0.2, 0.25) is 5.88 Å². The average Bonchev–Trinajstić information content (AvgIpc) is 3.15. The Balaban J connectivity index is 1.53. The zero-order chi connectivity index (χ0) is 20.4. The summed E-state index contributed by atoms with van der Waals surface area (Å²) in [5.41, 5.74) is 3.56. The average molecular weight is 388 g/mol. The van der Waals surface area contributed by atoms with Crippen molar-refractivity contribution in [2.45, 2.75) is 26.2 Å². The lowest BCUT2D eigenvalue weighted by atomic mass is 9.78. The van der Waals surface area contributed by atoms with Crippen LogP contribution in [0.15, 0.2) is 73.2 Å². The van der Waals surface area contributed by atoms with Gasteiger partial charge in [0, 0.05) is 17.7 Å². The molecule has 0 bridgehead atoms. The van der Waals surface area contributed by atoms with Crippen LogP contribution in [0.1, 0.15) is 30.5 Å². The van der Waals surface area contributed by atoms with Crippen LogP contribution in [0, 0.1) is 12.7 Å². The highest BCUT2D eigenvalue weighted by Crippen LogP contribution is 2.33. The largest absolute Gasteiger partial charge is 0.439 e. The molecule has 0 amide bonds. The van der Waals surface area contributed by atoms with Crippen LogP contribution in [0.5, 0.6) is 11.6 Å². The van der Waals surface area contributed by atoms with Gasteiger partial charge in [0.15, 0.2) is 5.82 Å². The van der Waals surface area contributed by atoms with Crippen LogP contribution in [-0.2, 0) is 5.41 Å². The Hall–Kier alpha value is -3.54. The number of halogens is 1. The number of hydrogen-bond acceptors (Lipinski definition) is 4. The van der Waals surface area contributed by atoms with Crippen molar-refractivity contribution in [2.75, 3.05) is 0 Å². The third-order valence-electron chi connectivity index (χ3n) is 4.94. The van der Waals surface area contributed by atoms with Crippen molar-refractivity contribution >= 4 is 0 Å². The van der Waals surface area contributed by atoms with Crippen molar-refractivity contribution < 1.29 is 9.13 Å². The van der Waals surface area contributed by atoms with E-state index < -0.39 is 5.82 Å². The van der Waals surface area contributed by atoms with Crippen molar-refractivity contribution in [3.8, 4) is 17.6 Å². The molecule has 0 aliphatic heterocycles. The second-order valence-corrected chi connectivity index (χ2v) is 7.42. The normalized spacial score (nSPS) is 11.4. The van der Waals surface area contributed by atoms with Gasteiger partial charge in [0.05, 0.1) is 12.4 Å². The molecule has 0 aliphatic carbocycles. The molecule has 0 saturated carbocycles. The number of rotatable bonds is 5. The van der Waals surface area contributed by atoms with E-state index in [2.05, 4.69) is 72.2 Å². The fourth-order valence-electron chi connectivity index (χ4n) is 3.11. The Bertz CT molecular complexity index is 1120. The van der Waals surface area contributed by atoms with Gasteiger partial charge in [-0.15, -0.1) is 0 Å². The van der Waals surface area contributed by atoms with Crippen LogP contribution < -0.4 is 4.74 Å². The lowest BCUT2D eigenvalue weighted by molar-refractivity contribution is 0.459. The maximum atomic E-state index is 13.2. The Morgan fingerprint density at radius 2 is 1.59 bits per heavy atom. The van der Waals surface area contributed by atoms with Crippen molar-refractivity contribution in [3.05, 3.63) is 95.7 Å². The summed E-state index contributed by atoms with van der Waals surface area (Å²) in [5, 5.41) is 3.87. The first kappa shape index (κ1) is 18.8. The summed E-state index contributed by atoms with van der Waals surface area (Å²) in [6, 6.07) is 18.2. The van der Waals surface area contributed by atoms with E-state index in [1.54, 1.807) is 12.3 Å². The third-order valence-corrected chi connectivity index (χ3v) is 4.94. The van der Waals surface area contributed by atoms with Crippen LogP contribution in [0.25, 0.3) is 5.95 Å². The second kappa shape index (κ2) is 7.47. The quantitative estimate of drug-likeness (QED) is 0.470. The van der Waals surface area contributed by atoms with Gasteiger partial charge in [-0.05, 0) is 30.2 Å². The minimum absolute atomic E-state index is 0.127. The number of ether oxygens (including phenoxy) is 1. The minimum Gasteiger partial charge on any atom is -0.439 e. The summed E-state index contributed by atoms with van der Waals surface area (Å²) in [5.74, 6) is 0.802. The first-order chi connectivity index (χ1) is 13.9. The number of nitrogens with zero attached hydrogens (tertiary/aromatic N) is 4. The van der Waals surface area contributed by atoms with Gasteiger partial charge in [-0.25, -0.2) is 14.1 Å². The van der Waals surface area contributed by atoms with Gasteiger partial charge in [-0.3, -0.25) is 0 Å². The van der Waals surface area contributed by atoms with Crippen molar-refractivity contribution in [3.63, 3.8) is 0 Å². The molecule has 5 nitrogen and oxygen atoms in total. The van der Waals surface area contributed by atoms with Gasteiger partial charge in [-0.1, -0.05) is 55.8 Å². The lowest BCUT2D eigenvalue weighted by Crippen LogP contribution is -2.18. The highest BCUT2D eigenvalue weighted by molar-refractivity contribution is 5.41. The number of benzene rings is 2. The molecule has 0 atom stereocenters. The van der Waals surface area contributed by atoms with Crippen molar-refractivity contribution in [1.82, 2.24) is 19.7 Å². The Morgan fingerprint density at radius 1 is 0.931 bits per heavy atom. The van der Waals surface area contributed by atoms with Gasteiger partial charge >= 0.3 is 0 Å². The molecule has 0 spiro atoms. The molecule has 29 heavy (non-hydrogen) atoms. The monoisotopic (exact) mass is 388 g/mol. The molecular formula is C23H21FN4O. The van der Waals surface area contributed by atoms with Crippen LogP contribution in [0.2, 0.25) is 0 Å². The van der Waals surface area contributed by atoms with E-state index >= 15 is 0 Å². The molecule has 2 heterocycles.